The predicted octanol–water partition coefficient (Wildman–Crippen LogP) is 2.07. The van der Waals surface area contributed by atoms with Gasteiger partial charge in [0.25, 0.3) is 0 Å². The van der Waals surface area contributed by atoms with Crippen molar-refractivity contribution >= 4 is 21.8 Å². The summed E-state index contributed by atoms with van der Waals surface area (Å²) in [6.45, 7) is 1.24. The van der Waals surface area contributed by atoms with Crippen molar-refractivity contribution in [3.8, 4) is 5.75 Å². The lowest BCUT2D eigenvalue weighted by Gasteiger charge is -2.16. The van der Waals surface area contributed by atoms with Crippen molar-refractivity contribution in [2.24, 2.45) is 5.41 Å². The van der Waals surface area contributed by atoms with Crippen LogP contribution in [-0.4, -0.2) is 26.6 Å². The van der Waals surface area contributed by atoms with Gasteiger partial charge in [0, 0.05) is 23.1 Å². The third kappa shape index (κ3) is 3.28. The Labute approximate surface area is 122 Å². The molecule has 0 heterocycles. The van der Waals surface area contributed by atoms with E-state index in [-0.39, 0.29) is 11.3 Å². The lowest BCUT2D eigenvalue weighted by atomic mass is 10.1. The van der Waals surface area contributed by atoms with Gasteiger partial charge in [0.05, 0.1) is 12.5 Å². The fourth-order valence-electron chi connectivity index (χ4n) is 2.22. The molecule has 4 nitrogen and oxygen atoms in total. The number of hydrogen-bond acceptors (Lipinski definition) is 3. The van der Waals surface area contributed by atoms with Gasteiger partial charge in [-0.1, -0.05) is 15.9 Å². The van der Waals surface area contributed by atoms with E-state index in [9.17, 15) is 4.79 Å². The van der Waals surface area contributed by atoms with Crippen molar-refractivity contribution in [1.29, 1.82) is 0 Å². The molecule has 2 N–H and O–H groups in total. The Hall–Kier alpha value is -1.07. The van der Waals surface area contributed by atoms with Crippen LogP contribution in [0.2, 0.25) is 0 Å². The lowest BCUT2D eigenvalue weighted by molar-refractivity contribution is -0.126. The van der Waals surface area contributed by atoms with Crippen molar-refractivity contribution in [2.75, 3.05) is 20.7 Å². The van der Waals surface area contributed by atoms with Crippen LogP contribution in [0, 0.1) is 5.41 Å². The Kier molecular flexibility index (Phi) is 4.47. The zero-order chi connectivity index (χ0) is 13.9. The van der Waals surface area contributed by atoms with E-state index in [1.165, 1.54) is 0 Å². The first kappa shape index (κ1) is 14.3. The molecular formula is C14H19BrN2O2. The number of carbonyl (C=O) groups excluding carboxylic acids is 1. The maximum Gasteiger partial charge on any atom is 0.227 e. The van der Waals surface area contributed by atoms with Gasteiger partial charge in [-0.3, -0.25) is 4.79 Å². The van der Waals surface area contributed by atoms with Crippen molar-refractivity contribution in [3.05, 3.63) is 28.2 Å². The van der Waals surface area contributed by atoms with Crippen LogP contribution < -0.4 is 15.4 Å². The summed E-state index contributed by atoms with van der Waals surface area (Å²) in [7, 11) is 3.52. The Morgan fingerprint density at radius 1 is 1.47 bits per heavy atom. The van der Waals surface area contributed by atoms with Gasteiger partial charge in [0.1, 0.15) is 5.75 Å². The molecule has 0 saturated heterocycles. The molecular weight excluding hydrogens is 308 g/mol. The van der Waals surface area contributed by atoms with Crippen molar-refractivity contribution < 1.29 is 9.53 Å². The first-order valence-corrected chi connectivity index (χ1v) is 7.16. The minimum absolute atomic E-state index is 0.129. The Morgan fingerprint density at radius 2 is 2.21 bits per heavy atom. The first-order chi connectivity index (χ1) is 9.11. The van der Waals surface area contributed by atoms with Crippen molar-refractivity contribution in [2.45, 2.75) is 19.4 Å². The normalized spacial score (nSPS) is 15.9. The molecule has 0 unspecified atom stereocenters. The lowest BCUT2D eigenvalue weighted by Crippen LogP contribution is -2.37. The molecule has 0 radical (unpaired) electrons. The molecule has 1 amide bonds. The molecule has 0 aliphatic heterocycles. The van der Waals surface area contributed by atoms with Gasteiger partial charge in [0.2, 0.25) is 5.91 Å². The van der Waals surface area contributed by atoms with Crippen molar-refractivity contribution in [3.63, 3.8) is 0 Å². The smallest absolute Gasteiger partial charge is 0.227 e. The summed E-state index contributed by atoms with van der Waals surface area (Å²) in [5.41, 5.74) is 0.791. The average molecular weight is 327 g/mol. The molecule has 2 rings (SSSR count). The molecule has 0 spiro atoms. The number of amides is 1. The fourth-order valence-corrected chi connectivity index (χ4v) is 2.63. The third-order valence-corrected chi connectivity index (χ3v) is 4.03. The van der Waals surface area contributed by atoms with Gasteiger partial charge >= 0.3 is 0 Å². The zero-order valence-corrected chi connectivity index (χ0v) is 12.8. The van der Waals surface area contributed by atoms with E-state index in [4.69, 9.17) is 4.74 Å². The van der Waals surface area contributed by atoms with E-state index in [1.807, 2.05) is 25.2 Å². The van der Waals surface area contributed by atoms with E-state index in [2.05, 4.69) is 26.6 Å². The van der Waals surface area contributed by atoms with Crippen molar-refractivity contribution in [1.82, 2.24) is 10.6 Å². The molecule has 1 aromatic carbocycles. The number of carbonyl (C=O) groups is 1. The monoisotopic (exact) mass is 326 g/mol. The highest BCUT2D eigenvalue weighted by Crippen LogP contribution is 2.45. The van der Waals surface area contributed by atoms with Crippen LogP contribution in [0.5, 0.6) is 5.75 Å². The number of benzene rings is 1. The standard InChI is InChI=1S/C14H19BrN2O2/c1-16-9-14(5-6-14)13(18)17-8-10-7-11(15)3-4-12(10)19-2/h3-4,7,16H,5-6,8-9H2,1-2H3,(H,17,18). The summed E-state index contributed by atoms with van der Waals surface area (Å²) in [6.07, 6.45) is 1.94. The van der Waals surface area contributed by atoms with Crippen LogP contribution >= 0.6 is 15.9 Å². The number of methoxy groups -OCH3 is 1. The molecule has 1 aromatic rings. The molecule has 19 heavy (non-hydrogen) atoms. The second kappa shape index (κ2) is 5.92. The summed E-state index contributed by atoms with van der Waals surface area (Å²) in [4.78, 5) is 12.2. The molecule has 0 atom stereocenters. The molecule has 1 saturated carbocycles. The summed E-state index contributed by atoms with van der Waals surface area (Å²) in [6, 6.07) is 5.79. The van der Waals surface area contributed by atoms with Gasteiger partial charge < -0.3 is 15.4 Å². The van der Waals surface area contributed by atoms with Crippen LogP contribution in [0.15, 0.2) is 22.7 Å². The third-order valence-electron chi connectivity index (χ3n) is 3.53. The Bertz CT molecular complexity index is 473. The quantitative estimate of drug-likeness (QED) is 0.841. The van der Waals surface area contributed by atoms with Gasteiger partial charge in [-0.2, -0.15) is 0 Å². The molecule has 0 bridgehead atoms. The Morgan fingerprint density at radius 3 is 2.79 bits per heavy atom. The molecule has 1 aliphatic rings. The van der Waals surface area contributed by atoms with Crippen LogP contribution in [0.1, 0.15) is 18.4 Å². The largest absolute Gasteiger partial charge is 0.496 e. The fraction of sp³-hybridized carbons (Fsp3) is 0.500. The maximum absolute atomic E-state index is 12.2. The molecule has 1 fully saturated rings. The second-order valence-corrected chi connectivity index (χ2v) is 5.87. The van der Waals surface area contributed by atoms with Gasteiger partial charge in [0.15, 0.2) is 0 Å². The summed E-state index contributed by atoms with van der Waals surface area (Å²) >= 11 is 3.43. The highest BCUT2D eigenvalue weighted by molar-refractivity contribution is 9.10. The summed E-state index contributed by atoms with van der Waals surface area (Å²) < 4.78 is 6.28. The number of ether oxygens (including phenoxy) is 1. The SMILES string of the molecule is CNCC1(C(=O)NCc2cc(Br)ccc2OC)CC1. The predicted molar refractivity (Wildman–Crippen MR) is 78.1 cm³/mol. The minimum Gasteiger partial charge on any atom is -0.496 e. The number of halogens is 1. The van der Waals surface area contributed by atoms with Gasteiger partial charge in [-0.15, -0.1) is 0 Å². The van der Waals surface area contributed by atoms with E-state index in [1.54, 1.807) is 7.11 Å². The maximum atomic E-state index is 12.2. The zero-order valence-electron chi connectivity index (χ0n) is 11.3. The van der Waals surface area contributed by atoms with Gasteiger partial charge in [-0.05, 0) is 38.1 Å². The first-order valence-electron chi connectivity index (χ1n) is 6.36. The number of rotatable bonds is 6. The van der Waals surface area contributed by atoms with E-state index < -0.39 is 0 Å². The highest BCUT2D eigenvalue weighted by atomic mass is 79.9. The van der Waals surface area contributed by atoms with Crippen LogP contribution in [0.3, 0.4) is 0 Å². The highest BCUT2D eigenvalue weighted by Gasteiger charge is 2.48. The van der Waals surface area contributed by atoms with Crippen LogP contribution in [0.4, 0.5) is 0 Å². The summed E-state index contributed by atoms with van der Waals surface area (Å²) in [5.74, 6) is 0.922. The van der Waals surface area contributed by atoms with E-state index in [0.29, 0.717) is 6.54 Å². The molecule has 5 heteroatoms. The minimum atomic E-state index is -0.187. The average Bonchev–Trinajstić information content (AvgIpc) is 3.17. The topological polar surface area (TPSA) is 50.4 Å². The van der Waals surface area contributed by atoms with Crippen LogP contribution in [0.25, 0.3) is 0 Å². The summed E-state index contributed by atoms with van der Waals surface area (Å²) in [5, 5.41) is 6.10. The molecule has 1 aliphatic carbocycles. The molecule has 104 valence electrons. The van der Waals surface area contributed by atoms with Gasteiger partial charge in [-0.25, -0.2) is 0 Å². The number of hydrogen-bond donors (Lipinski definition) is 2. The molecule has 0 aromatic heterocycles. The second-order valence-electron chi connectivity index (χ2n) is 4.95. The van der Waals surface area contributed by atoms with Crippen LogP contribution in [-0.2, 0) is 11.3 Å². The van der Waals surface area contributed by atoms with E-state index in [0.717, 1.165) is 35.2 Å². The number of nitrogens with one attached hydrogen (secondary N) is 2. The Balaban J connectivity index is 1.99. The van der Waals surface area contributed by atoms with E-state index >= 15 is 0 Å².